The minimum absolute atomic E-state index is 0.0376. The van der Waals surface area contributed by atoms with Gasteiger partial charge in [0.2, 0.25) is 0 Å². The fraction of sp³-hybridized carbons (Fsp3) is 0.0417. The molecule has 0 saturated carbocycles. The first-order valence-corrected chi connectivity index (χ1v) is 8.45. The molecule has 0 saturated heterocycles. The van der Waals surface area contributed by atoms with Gasteiger partial charge in [-0.25, -0.2) is 0 Å². The first kappa shape index (κ1) is 17.4. The van der Waals surface area contributed by atoms with Crippen LogP contribution in [0.4, 0.5) is 0 Å². The number of ether oxygens (including phenoxy) is 1. The zero-order valence-electron chi connectivity index (χ0n) is 14.6. The van der Waals surface area contributed by atoms with Gasteiger partial charge in [-0.05, 0) is 47.0 Å². The molecule has 0 radical (unpaired) electrons. The Balaban J connectivity index is 1.86. The molecule has 0 N–H and O–H groups in total. The molecule has 0 fully saturated rings. The first-order valence-electron chi connectivity index (χ1n) is 8.45. The molecule has 0 heterocycles. The second-order valence-electron chi connectivity index (χ2n) is 5.76. The summed E-state index contributed by atoms with van der Waals surface area (Å²) in [5.41, 5.74) is 3.93. The number of rotatable bonds is 6. The monoisotopic (exact) mass is 340 g/mol. The number of methoxy groups -OCH3 is 1. The summed E-state index contributed by atoms with van der Waals surface area (Å²) in [4.78, 5) is 12.3. The number of hydrogen-bond donors (Lipinski definition) is 0. The fourth-order valence-corrected chi connectivity index (χ4v) is 2.68. The molecule has 2 heteroatoms. The van der Waals surface area contributed by atoms with Crippen molar-refractivity contribution in [2.24, 2.45) is 0 Å². The Morgan fingerprint density at radius 1 is 0.731 bits per heavy atom. The summed E-state index contributed by atoms with van der Waals surface area (Å²) < 4.78 is 5.12. The van der Waals surface area contributed by atoms with Crippen LogP contribution in [0.2, 0.25) is 0 Å². The van der Waals surface area contributed by atoms with E-state index in [1.54, 1.807) is 37.5 Å². The van der Waals surface area contributed by atoms with E-state index in [4.69, 9.17) is 4.74 Å². The van der Waals surface area contributed by atoms with Crippen LogP contribution in [-0.2, 0) is 0 Å². The quantitative estimate of drug-likeness (QED) is 0.333. The highest BCUT2D eigenvalue weighted by Gasteiger charge is 2.04. The van der Waals surface area contributed by atoms with Crippen LogP contribution in [0.1, 0.15) is 21.5 Å². The van der Waals surface area contributed by atoms with E-state index in [2.05, 4.69) is 24.3 Å². The summed E-state index contributed by atoms with van der Waals surface area (Å²) >= 11 is 0. The summed E-state index contributed by atoms with van der Waals surface area (Å²) in [6.45, 7) is 0. The third-order valence-electron chi connectivity index (χ3n) is 4.05. The lowest BCUT2D eigenvalue weighted by Crippen LogP contribution is -1.94. The van der Waals surface area contributed by atoms with Crippen molar-refractivity contribution in [1.29, 1.82) is 0 Å². The molecular formula is C24H20O2. The molecule has 3 aromatic rings. The maximum Gasteiger partial charge on any atom is 0.185 e. The van der Waals surface area contributed by atoms with Gasteiger partial charge in [0.05, 0.1) is 7.11 Å². The number of allylic oxidation sites excluding steroid dienone is 3. The number of ketones is 1. The minimum Gasteiger partial charge on any atom is -0.497 e. The van der Waals surface area contributed by atoms with Crippen molar-refractivity contribution in [2.75, 3.05) is 7.11 Å². The van der Waals surface area contributed by atoms with Crippen LogP contribution in [0.3, 0.4) is 0 Å². The number of hydrogen-bond acceptors (Lipinski definition) is 2. The van der Waals surface area contributed by atoms with E-state index >= 15 is 0 Å². The van der Waals surface area contributed by atoms with Gasteiger partial charge in [0.15, 0.2) is 5.78 Å². The van der Waals surface area contributed by atoms with Crippen LogP contribution in [-0.4, -0.2) is 12.9 Å². The van der Waals surface area contributed by atoms with Crippen LogP contribution < -0.4 is 4.74 Å². The van der Waals surface area contributed by atoms with Crippen molar-refractivity contribution in [3.8, 4) is 5.75 Å². The van der Waals surface area contributed by atoms with E-state index in [0.29, 0.717) is 5.56 Å². The Morgan fingerprint density at radius 2 is 1.27 bits per heavy atom. The fourth-order valence-electron chi connectivity index (χ4n) is 2.68. The lowest BCUT2D eigenvalue weighted by atomic mass is 9.97. The molecule has 2 nitrogen and oxygen atoms in total. The van der Waals surface area contributed by atoms with Crippen molar-refractivity contribution in [2.45, 2.75) is 0 Å². The van der Waals surface area contributed by atoms with Gasteiger partial charge in [-0.15, -0.1) is 0 Å². The highest BCUT2D eigenvalue weighted by atomic mass is 16.5. The molecule has 0 aliphatic heterocycles. The third-order valence-corrected chi connectivity index (χ3v) is 4.05. The van der Waals surface area contributed by atoms with Crippen LogP contribution in [0, 0.1) is 0 Å². The maximum absolute atomic E-state index is 12.3. The predicted octanol–water partition coefficient (Wildman–Crippen LogP) is 5.57. The van der Waals surface area contributed by atoms with Gasteiger partial charge in [-0.2, -0.15) is 0 Å². The Bertz CT molecular complexity index is 864. The minimum atomic E-state index is -0.0376. The number of carbonyl (C=O) groups excluding carboxylic acids is 1. The molecule has 0 spiro atoms. The SMILES string of the molecule is COc1ccc(C(=O)/C=C/C=C(c2ccccc2)c2ccccc2)cc1. The number of carbonyl (C=O) groups is 1. The van der Waals surface area contributed by atoms with Crippen molar-refractivity contribution in [3.05, 3.63) is 120 Å². The van der Waals surface area contributed by atoms with Crippen molar-refractivity contribution in [3.63, 3.8) is 0 Å². The van der Waals surface area contributed by atoms with Crippen molar-refractivity contribution in [1.82, 2.24) is 0 Å². The summed E-state index contributed by atoms with van der Waals surface area (Å²) in [5, 5.41) is 0. The van der Waals surface area contributed by atoms with E-state index in [9.17, 15) is 4.79 Å². The van der Waals surface area contributed by atoms with Crippen molar-refractivity contribution < 1.29 is 9.53 Å². The molecule has 0 aliphatic rings. The number of benzene rings is 3. The topological polar surface area (TPSA) is 26.3 Å². The molecule has 26 heavy (non-hydrogen) atoms. The molecule has 0 aliphatic carbocycles. The second-order valence-corrected chi connectivity index (χ2v) is 5.76. The Kier molecular flexibility index (Phi) is 5.79. The Labute approximate surface area is 154 Å². The molecule has 0 unspecified atom stereocenters. The molecule has 128 valence electrons. The zero-order chi connectivity index (χ0) is 18.2. The molecule has 0 bridgehead atoms. The van der Waals surface area contributed by atoms with Gasteiger partial charge in [0.25, 0.3) is 0 Å². The van der Waals surface area contributed by atoms with E-state index in [-0.39, 0.29) is 5.78 Å². The summed E-state index contributed by atoms with van der Waals surface area (Å²) in [5.74, 6) is 0.699. The van der Waals surface area contributed by atoms with E-state index < -0.39 is 0 Å². The molecule has 0 amide bonds. The average Bonchev–Trinajstić information content (AvgIpc) is 2.72. The third kappa shape index (κ3) is 4.37. The van der Waals surface area contributed by atoms with Gasteiger partial charge in [-0.3, -0.25) is 4.79 Å². The Hall–Kier alpha value is -3.39. The highest BCUT2D eigenvalue weighted by molar-refractivity contribution is 6.04. The highest BCUT2D eigenvalue weighted by Crippen LogP contribution is 2.23. The largest absolute Gasteiger partial charge is 0.497 e. The second kappa shape index (κ2) is 8.63. The van der Waals surface area contributed by atoms with Crippen LogP contribution >= 0.6 is 0 Å². The molecule has 3 aromatic carbocycles. The zero-order valence-corrected chi connectivity index (χ0v) is 14.6. The van der Waals surface area contributed by atoms with Gasteiger partial charge < -0.3 is 4.74 Å². The standard InChI is InChI=1S/C24H20O2/c1-26-22-17-15-21(16-18-22)24(25)14-8-13-23(19-9-4-2-5-10-19)20-11-6-3-7-12-20/h2-18H,1H3/b14-8+. The molecule has 0 aromatic heterocycles. The van der Waals surface area contributed by atoms with Gasteiger partial charge in [-0.1, -0.05) is 72.8 Å². The summed E-state index contributed by atoms with van der Waals surface area (Å²) in [7, 11) is 1.61. The summed E-state index contributed by atoms with van der Waals surface area (Å²) in [6.07, 6.45) is 5.38. The summed E-state index contributed by atoms with van der Waals surface area (Å²) in [6, 6.07) is 27.4. The van der Waals surface area contributed by atoms with E-state index in [1.165, 1.54) is 0 Å². The van der Waals surface area contributed by atoms with Gasteiger partial charge in [0, 0.05) is 5.56 Å². The molecule has 0 atom stereocenters. The predicted molar refractivity (Wildman–Crippen MR) is 106 cm³/mol. The van der Waals surface area contributed by atoms with Gasteiger partial charge >= 0.3 is 0 Å². The van der Waals surface area contributed by atoms with Crippen LogP contribution in [0.5, 0.6) is 5.75 Å². The lowest BCUT2D eigenvalue weighted by molar-refractivity contribution is 0.104. The molecular weight excluding hydrogens is 320 g/mol. The van der Waals surface area contributed by atoms with Crippen molar-refractivity contribution >= 4 is 11.4 Å². The average molecular weight is 340 g/mol. The first-order chi connectivity index (χ1) is 12.8. The van der Waals surface area contributed by atoms with Crippen LogP contribution in [0.15, 0.2) is 103 Å². The van der Waals surface area contributed by atoms with E-state index in [0.717, 1.165) is 22.4 Å². The normalized spacial score (nSPS) is 10.5. The lowest BCUT2D eigenvalue weighted by Gasteiger charge is -2.07. The van der Waals surface area contributed by atoms with Crippen LogP contribution in [0.25, 0.3) is 5.57 Å². The van der Waals surface area contributed by atoms with Gasteiger partial charge in [0.1, 0.15) is 5.75 Å². The Morgan fingerprint density at radius 3 is 1.77 bits per heavy atom. The smallest absolute Gasteiger partial charge is 0.185 e. The molecule has 3 rings (SSSR count). The van der Waals surface area contributed by atoms with E-state index in [1.807, 2.05) is 48.6 Å². The maximum atomic E-state index is 12.3.